The molecule has 0 unspecified atom stereocenters. The first-order chi connectivity index (χ1) is 15.3. The molecule has 0 aliphatic carbocycles. The number of aliphatic imine (C=N–C) groups is 1. The number of hydrogen-bond acceptors (Lipinski definition) is 5. The lowest BCUT2D eigenvalue weighted by Crippen LogP contribution is -2.21. The largest absolute Gasteiger partial charge is 0.494 e. The number of nitrogens with zero attached hydrogens (tertiary/aromatic N) is 4. The van der Waals surface area contributed by atoms with Crippen LogP contribution in [0, 0.1) is 0 Å². The molecule has 2 heterocycles. The van der Waals surface area contributed by atoms with Crippen LogP contribution < -0.4 is 9.64 Å². The molecule has 5 heteroatoms. The average Bonchev–Trinajstić information content (AvgIpc) is 3.35. The van der Waals surface area contributed by atoms with Crippen molar-refractivity contribution < 1.29 is 4.74 Å². The number of benzene rings is 2. The minimum absolute atomic E-state index is 0.642. The molecule has 160 valence electrons. The first kappa shape index (κ1) is 21.1. The Kier molecular flexibility index (Phi) is 7.29. The minimum Gasteiger partial charge on any atom is -0.494 e. The number of anilines is 2. The maximum atomic E-state index is 5.98. The lowest BCUT2D eigenvalue weighted by Gasteiger charge is -2.26. The summed E-state index contributed by atoms with van der Waals surface area (Å²) < 4.78 is 5.98. The maximum absolute atomic E-state index is 5.98. The van der Waals surface area contributed by atoms with Crippen molar-refractivity contribution in [2.24, 2.45) is 4.99 Å². The molecule has 1 aromatic heterocycles. The zero-order valence-corrected chi connectivity index (χ0v) is 18.0. The van der Waals surface area contributed by atoms with Crippen molar-refractivity contribution in [1.29, 1.82) is 0 Å². The second-order valence-electron chi connectivity index (χ2n) is 7.80. The summed E-state index contributed by atoms with van der Waals surface area (Å²) >= 11 is 0. The van der Waals surface area contributed by atoms with E-state index in [2.05, 4.69) is 44.7 Å². The molecule has 2 aromatic carbocycles. The summed E-state index contributed by atoms with van der Waals surface area (Å²) in [4.78, 5) is 13.5. The van der Waals surface area contributed by atoms with Gasteiger partial charge in [0, 0.05) is 18.4 Å². The number of hydrogen-bond donors (Lipinski definition) is 0. The Morgan fingerprint density at radius 1 is 0.968 bits per heavy atom. The van der Waals surface area contributed by atoms with Crippen LogP contribution in [0.5, 0.6) is 5.75 Å². The summed E-state index contributed by atoms with van der Waals surface area (Å²) in [6.45, 7) is 8.73. The quantitative estimate of drug-likeness (QED) is 0.319. The molecule has 0 spiro atoms. The third-order valence-electron chi connectivity index (χ3n) is 5.62. The molecule has 1 fully saturated rings. The summed E-state index contributed by atoms with van der Waals surface area (Å²) in [6, 6.07) is 22.3. The van der Waals surface area contributed by atoms with Crippen molar-refractivity contribution >= 4 is 23.8 Å². The highest BCUT2D eigenvalue weighted by Gasteiger charge is 2.15. The van der Waals surface area contributed by atoms with Gasteiger partial charge in [0.1, 0.15) is 5.75 Å². The van der Waals surface area contributed by atoms with E-state index in [1.54, 1.807) is 0 Å². The third kappa shape index (κ3) is 5.70. The van der Waals surface area contributed by atoms with Crippen LogP contribution in [0.1, 0.15) is 25.0 Å². The predicted octanol–water partition coefficient (Wildman–Crippen LogP) is 5.62. The molecule has 1 saturated heterocycles. The van der Waals surface area contributed by atoms with Gasteiger partial charge in [0.15, 0.2) is 0 Å². The standard InChI is InChI=1S/C26H30N4O/c1-27-25-10-2-3-11-26(25)30(21-22-9-4-5-16-28-22)23-12-14-24(15-13-23)31-20-8-19-29-17-6-7-18-29/h2-5,9-16H,1,6-8,17-21H2. The Bertz CT molecular complexity index is 953. The molecule has 0 bridgehead atoms. The first-order valence-corrected chi connectivity index (χ1v) is 11.0. The SMILES string of the molecule is C=Nc1ccccc1N(Cc1ccccn1)c1ccc(OCCCN2CCCC2)cc1. The van der Waals surface area contributed by atoms with Crippen molar-refractivity contribution in [1.82, 2.24) is 9.88 Å². The summed E-state index contributed by atoms with van der Waals surface area (Å²) in [7, 11) is 0. The van der Waals surface area contributed by atoms with Crippen molar-refractivity contribution in [3.8, 4) is 5.75 Å². The summed E-state index contributed by atoms with van der Waals surface area (Å²) in [5, 5.41) is 0. The van der Waals surface area contributed by atoms with E-state index in [0.717, 1.165) is 48.1 Å². The van der Waals surface area contributed by atoms with E-state index < -0.39 is 0 Å². The number of para-hydroxylation sites is 2. The summed E-state index contributed by atoms with van der Waals surface area (Å²) in [5.41, 5.74) is 3.90. The molecular weight excluding hydrogens is 384 g/mol. The molecule has 1 aliphatic rings. The van der Waals surface area contributed by atoms with Gasteiger partial charge in [-0.15, -0.1) is 0 Å². The van der Waals surface area contributed by atoms with Crippen LogP contribution in [0.15, 0.2) is 77.9 Å². The van der Waals surface area contributed by atoms with Gasteiger partial charge in [0.25, 0.3) is 0 Å². The molecule has 0 amide bonds. The molecule has 31 heavy (non-hydrogen) atoms. The van der Waals surface area contributed by atoms with Crippen molar-refractivity contribution in [3.63, 3.8) is 0 Å². The van der Waals surface area contributed by atoms with Gasteiger partial charge < -0.3 is 14.5 Å². The summed E-state index contributed by atoms with van der Waals surface area (Å²) in [6.07, 6.45) is 5.56. The van der Waals surface area contributed by atoms with Gasteiger partial charge in [-0.2, -0.15) is 0 Å². The molecule has 0 atom stereocenters. The molecule has 0 radical (unpaired) electrons. The van der Waals surface area contributed by atoms with E-state index in [-0.39, 0.29) is 0 Å². The van der Waals surface area contributed by atoms with Gasteiger partial charge in [0.2, 0.25) is 0 Å². The number of aromatic nitrogens is 1. The molecule has 0 N–H and O–H groups in total. The van der Waals surface area contributed by atoms with E-state index in [9.17, 15) is 0 Å². The molecular formula is C26H30N4O. The van der Waals surface area contributed by atoms with Crippen LogP contribution in [-0.2, 0) is 6.54 Å². The van der Waals surface area contributed by atoms with Crippen molar-refractivity contribution in [2.75, 3.05) is 31.1 Å². The average molecular weight is 415 g/mol. The van der Waals surface area contributed by atoms with Gasteiger partial charge in [0.05, 0.1) is 30.2 Å². The number of rotatable bonds is 10. The monoisotopic (exact) mass is 414 g/mol. The van der Waals surface area contributed by atoms with Gasteiger partial charge >= 0.3 is 0 Å². The van der Waals surface area contributed by atoms with Crippen LogP contribution in [0.2, 0.25) is 0 Å². The topological polar surface area (TPSA) is 41.0 Å². The molecule has 4 rings (SSSR count). The van der Waals surface area contributed by atoms with E-state index in [0.29, 0.717) is 6.54 Å². The molecule has 0 saturated carbocycles. The van der Waals surface area contributed by atoms with Crippen LogP contribution in [0.3, 0.4) is 0 Å². The first-order valence-electron chi connectivity index (χ1n) is 11.0. The van der Waals surface area contributed by atoms with E-state index in [4.69, 9.17) is 4.74 Å². The zero-order chi connectivity index (χ0) is 21.3. The minimum atomic E-state index is 0.642. The predicted molar refractivity (Wildman–Crippen MR) is 128 cm³/mol. The smallest absolute Gasteiger partial charge is 0.119 e. The van der Waals surface area contributed by atoms with Crippen molar-refractivity contribution in [3.05, 3.63) is 78.6 Å². The lowest BCUT2D eigenvalue weighted by molar-refractivity contribution is 0.263. The highest BCUT2D eigenvalue weighted by atomic mass is 16.5. The van der Waals surface area contributed by atoms with Crippen LogP contribution >= 0.6 is 0 Å². The Morgan fingerprint density at radius 3 is 2.48 bits per heavy atom. The van der Waals surface area contributed by atoms with E-state index in [1.807, 2.05) is 54.7 Å². The fourth-order valence-corrected chi connectivity index (χ4v) is 4.00. The van der Waals surface area contributed by atoms with Gasteiger partial charge in [-0.3, -0.25) is 9.98 Å². The van der Waals surface area contributed by atoms with E-state index in [1.165, 1.54) is 25.9 Å². The van der Waals surface area contributed by atoms with Gasteiger partial charge in [-0.25, -0.2) is 0 Å². The second-order valence-corrected chi connectivity index (χ2v) is 7.80. The lowest BCUT2D eigenvalue weighted by atomic mass is 10.2. The van der Waals surface area contributed by atoms with Crippen LogP contribution in [-0.4, -0.2) is 42.8 Å². The summed E-state index contributed by atoms with van der Waals surface area (Å²) in [5.74, 6) is 0.901. The Hall–Kier alpha value is -3.18. The molecule has 5 nitrogen and oxygen atoms in total. The third-order valence-corrected chi connectivity index (χ3v) is 5.62. The number of likely N-dealkylation sites (tertiary alicyclic amines) is 1. The normalized spacial score (nSPS) is 13.8. The fourth-order valence-electron chi connectivity index (χ4n) is 4.00. The van der Waals surface area contributed by atoms with Crippen molar-refractivity contribution in [2.45, 2.75) is 25.8 Å². The van der Waals surface area contributed by atoms with Crippen LogP contribution in [0.4, 0.5) is 17.1 Å². The van der Waals surface area contributed by atoms with Crippen LogP contribution in [0.25, 0.3) is 0 Å². The number of pyridine rings is 1. The van der Waals surface area contributed by atoms with Gasteiger partial charge in [-0.05, 0) is 87.6 Å². The zero-order valence-electron chi connectivity index (χ0n) is 18.0. The Labute approximate surface area is 185 Å². The number of ether oxygens (including phenoxy) is 1. The second kappa shape index (κ2) is 10.7. The highest BCUT2D eigenvalue weighted by Crippen LogP contribution is 2.35. The molecule has 1 aliphatic heterocycles. The Morgan fingerprint density at radius 2 is 1.74 bits per heavy atom. The fraction of sp³-hybridized carbons (Fsp3) is 0.308. The van der Waals surface area contributed by atoms with Gasteiger partial charge in [-0.1, -0.05) is 18.2 Å². The maximum Gasteiger partial charge on any atom is 0.119 e. The Balaban J connectivity index is 1.46. The van der Waals surface area contributed by atoms with E-state index >= 15 is 0 Å². The molecule has 3 aromatic rings. The highest BCUT2D eigenvalue weighted by molar-refractivity contribution is 5.75.